The van der Waals surface area contributed by atoms with Crippen molar-refractivity contribution >= 4 is 57.9 Å². The maximum atomic E-state index is 15.5. The van der Waals surface area contributed by atoms with Gasteiger partial charge in [-0.2, -0.15) is 4.98 Å². The van der Waals surface area contributed by atoms with Crippen LogP contribution in [0, 0.1) is 5.82 Å². The molecule has 4 aliphatic rings. The van der Waals surface area contributed by atoms with E-state index in [0.29, 0.717) is 29.9 Å². The molecule has 3 fully saturated rings. The number of β-lactam (4-membered cyclic amide) rings is 1. The van der Waals surface area contributed by atoms with Crippen LogP contribution in [0.5, 0.6) is 0 Å². The van der Waals surface area contributed by atoms with Gasteiger partial charge in [-0.05, 0) is 37.1 Å². The van der Waals surface area contributed by atoms with Crippen molar-refractivity contribution in [1.82, 2.24) is 34.4 Å². The molecular formula is C31H33FN8O7S2. The lowest BCUT2D eigenvalue weighted by molar-refractivity contribution is -0.148. The van der Waals surface area contributed by atoms with Gasteiger partial charge in [-0.25, -0.2) is 9.18 Å². The van der Waals surface area contributed by atoms with Crippen molar-refractivity contribution in [3.8, 4) is 0 Å². The van der Waals surface area contributed by atoms with E-state index in [1.54, 1.807) is 6.07 Å². The van der Waals surface area contributed by atoms with Gasteiger partial charge in [-0.15, -0.1) is 11.8 Å². The van der Waals surface area contributed by atoms with Crippen LogP contribution >= 0.6 is 23.5 Å². The molecule has 18 heteroatoms. The van der Waals surface area contributed by atoms with E-state index in [9.17, 15) is 33.9 Å². The first-order valence-electron chi connectivity index (χ1n) is 15.8. The van der Waals surface area contributed by atoms with Gasteiger partial charge in [0.25, 0.3) is 11.8 Å². The summed E-state index contributed by atoms with van der Waals surface area (Å²) in [6.07, 6.45) is 3.17. The minimum Gasteiger partial charge on any atom is -0.477 e. The Hall–Kier alpha value is -4.42. The smallest absolute Gasteiger partial charge is 0.352 e. The second-order valence-corrected chi connectivity index (χ2v) is 14.4. The van der Waals surface area contributed by atoms with E-state index in [0.717, 1.165) is 49.1 Å². The topological polar surface area (TPSA) is 183 Å². The summed E-state index contributed by atoms with van der Waals surface area (Å²) in [6, 6.07) is 1.86. The lowest BCUT2D eigenvalue weighted by Crippen LogP contribution is -2.70. The number of nitrogens with zero attached hydrogens (tertiary/aromatic N) is 6. The monoisotopic (exact) mass is 712 g/mol. The van der Waals surface area contributed by atoms with Crippen LogP contribution in [0.3, 0.4) is 0 Å². The van der Waals surface area contributed by atoms with Gasteiger partial charge in [0.1, 0.15) is 28.5 Å². The summed E-state index contributed by atoms with van der Waals surface area (Å²) in [7, 11) is 1.48. The van der Waals surface area contributed by atoms with Crippen molar-refractivity contribution < 1.29 is 23.9 Å². The normalized spacial score (nSPS) is 21.2. The van der Waals surface area contributed by atoms with Gasteiger partial charge in [0.05, 0.1) is 11.2 Å². The number of thioether (sulfide) groups is 2. The van der Waals surface area contributed by atoms with E-state index in [-0.39, 0.29) is 39.4 Å². The third-order valence-electron chi connectivity index (χ3n) is 9.31. The Morgan fingerprint density at radius 1 is 1.14 bits per heavy atom. The molecule has 1 aromatic carbocycles. The summed E-state index contributed by atoms with van der Waals surface area (Å²) in [6.45, 7) is 5.93. The average Bonchev–Trinajstić information content (AvgIpc) is 3.93. The lowest BCUT2D eigenvalue weighted by Gasteiger charge is -2.49. The number of rotatable bonds is 9. The number of hydrogen-bond acceptors (Lipinski definition) is 11. The Morgan fingerprint density at radius 2 is 1.88 bits per heavy atom. The predicted molar refractivity (Wildman–Crippen MR) is 181 cm³/mol. The van der Waals surface area contributed by atoms with Gasteiger partial charge in [-0.1, -0.05) is 18.7 Å². The molecule has 2 aromatic heterocycles. The fourth-order valence-corrected chi connectivity index (χ4v) is 8.88. The van der Waals surface area contributed by atoms with E-state index >= 15 is 4.39 Å². The molecule has 258 valence electrons. The summed E-state index contributed by atoms with van der Waals surface area (Å²) in [5.41, 5.74) is -1.61. The molecule has 0 spiro atoms. The van der Waals surface area contributed by atoms with Crippen molar-refractivity contribution in [2.45, 2.75) is 42.4 Å². The van der Waals surface area contributed by atoms with Gasteiger partial charge < -0.3 is 24.8 Å². The van der Waals surface area contributed by atoms with E-state index in [4.69, 9.17) is 0 Å². The van der Waals surface area contributed by atoms with Crippen molar-refractivity contribution in [3.63, 3.8) is 0 Å². The Bertz CT molecular complexity index is 2120. The minimum absolute atomic E-state index is 0.0490. The highest BCUT2D eigenvalue weighted by atomic mass is 32.2. The third kappa shape index (κ3) is 5.94. The molecule has 2 atom stereocenters. The number of aryl methyl sites for hydroxylation is 1. The number of anilines is 1. The number of aliphatic carboxylic acids is 1. The number of halogens is 1. The average molecular weight is 713 g/mol. The van der Waals surface area contributed by atoms with Crippen molar-refractivity contribution in [2.75, 3.05) is 49.1 Å². The number of aromatic nitrogens is 4. The number of nitrogens with one attached hydrogen (secondary N) is 2. The molecule has 1 aliphatic carbocycles. The molecule has 0 radical (unpaired) electrons. The molecular weight excluding hydrogens is 680 g/mol. The van der Waals surface area contributed by atoms with Crippen LogP contribution in [-0.4, -0.2) is 108 Å². The Balaban J connectivity index is 1.12. The molecule has 2 saturated heterocycles. The number of carbonyl (C=O) groups excluding carboxylic acids is 2. The van der Waals surface area contributed by atoms with E-state index in [2.05, 4.69) is 27.2 Å². The third-order valence-corrected chi connectivity index (χ3v) is 11.8. The zero-order valence-corrected chi connectivity index (χ0v) is 28.2. The summed E-state index contributed by atoms with van der Waals surface area (Å²) >= 11 is 2.28. The van der Waals surface area contributed by atoms with Crippen LogP contribution < -0.4 is 26.8 Å². The van der Waals surface area contributed by atoms with Crippen molar-refractivity contribution in [2.24, 2.45) is 7.05 Å². The van der Waals surface area contributed by atoms with Crippen molar-refractivity contribution in [1.29, 1.82) is 0 Å². The highest BCUT2D eigenvalue weighted by Crippen LogP contribution is 2.42. The van der Waals surface area contributed by atoms with Crippen LogP contribution in [0.1, 0.15) is 36.2 Å². The zero-order valence-electron chi connectivity index (χ0n) is 26.6. The predicted octanol–water partition coefficient (Wildman–Crippen LogP) is 0.544. The number of carboxylic acids is 1. The second kappa shape index (κ2) is 12.8. The number of amides is 2. The van der Waals surface area contributed by atoms with Gasteiger partial charge >= 0.3 is 17.1 Å². The number of hydrogen-bond donors (Lipinski definition) is 3. The minimum atomic E-state index is -1.34. The highest BCUT2D eigenvalue weighted by molar-refractivity contribution is 8.01. The number of likely N-dealkylation sites (N-methyl/N-ethyl adjacent to an activating group) is 1. The van der Waals surface area contributed by atoms with Crippen LogP contribution in [0.2, 0.25) is 0 Å². The second-order valence-electron chi connectivity index (χ2n) is 12.4. The molecule has 1 saturated carbocycles. The highest BCUT2D eigenvalue weighted by Gasteiger charge is 2.54. The molecule has 1 unspecified atom stereocenters. The molecule has 7 rings (SSSR count). The molecule has 3 aliphatic heterocycles. The summed E-state index contributed by atoms with van der Waals surface area (Å²) in [4.78, 5) is 85.3. The Kier molecular flexibility index (Phi) is 8.64. The van der Waals surface area contributed by atoms with Crippen LogP contribution in [0.15, 0.2) is 49.1 Å². The van der Waals surface area contributed by atoms with Crippen LogP contribution in [0.4, 0.5) is 10.1 Å². The lowest BCUT2D eigenvalue weighted by atomic mass is 10.0. The van der Waals surface area contributed by atoms with Gasteiger partial charge in [0.2, 0.25) is 5.43 Å². The van der Waals surface area contributed by atoms with Gasteiger partial charge in [0.15, 0.2) is 5.16 Å². The molecule has 3 aromatic rings. The van der Waals surface area contributed by atoms with E-state index in [1.807, 2.05) is 9.47 Å². The Labute approximate surface area is 286 Å². The molecule has 2 amide bonds. The van der Waals surface area contributed by atoms with E-state index in [1.165, 1.54) is 35.8 Å². The quantitative estimate of drug-likeness (QED) is 0.159. The van der Waals surface area contributed by atoms with Crippen LogP contribution in [0.25, 0.3) is 10.9 Å². The molecule has 0 bridgehead atoms. The fraction of sp³-hybridized carbons (Fsp3) is 0.452. The maximum Gasteiger partial charge on any atom is 0.352 e. The molecule has 3 N–H and O–H groups in total. The number of fused-ring (bicyclic) bond motifs is 2. The molecule has 15 nitrogen and oxygen atoms in total. The SMILES string of the molecule is CCN1CCN(c2cc3c(cc2F)c(=O)c(C(=O)NC2C(=O)N4C(C(=O)O)=C(CSc5nc(=O)c(=O)[nH]n5C)CS[C@@H]24)cn3C2CC2)CC1. The first-order valence-corrected chi connectivity index (χ1v) is 17.9. The fourth-order valence-electron chi connectivity index (χ4n) is 6.48. The number of carboxylic acid groups (broad SMARTS) is 1. The van der Waals surface area contributed by atoms with Gasteiger partial charge in [0, 0.05) is 62.4 Å². The standard InChI is InChI=1S/C31H33FN8O7S2/c1-3-37-6-8-38(9-7-37)21-11-20-17(10-19(21)32)24(41)18(12-39(20)16-4-5-16)25(42)33-22-28(45)40-23(30(46)47)15(13-48-29(22)40)14-49-31-34-26(43)27(44)35-36(31)2/h10-12,16,22,29H,3-9,13-14H2,1-2H3,(H,33,42)(H,35,44)(H,46,47)/t22?,29-/m0/s1. The number of aromatic amines is 1. The number of H-pyrrole nitrogens is 1. The Morgan fingerprint density at radius 3 is 2.55 bits per heavy atom. The first-order chi connectivity index (χ1) is 23.5. The summed E-state index contributed by atoms with van der Waals surface area (Å²) in [5.74, 6) is -3.06. The van der Waals surface area contributed by atoms with Gasteiger partial charge in [-0.3, -0.25) is 38.7 Å². The molecule has 5 heterocycles. The largest absolute Gasteiger partial charge is 0.477 e. The number of piperazine rings is 1. The maximum absolute atomic E-state index is 15.5. The number of carbonyl (C=O) groups is 3. The van der Waals surface area contributed by atoms with Crippen LogP contribution in [-0.2, 0) is 16.6 Å². The first kappa shape index (κ1) is 33.1. The molecule has 49 heavy (non-hydrogen) atoms. The van der Waals surface area contributed by atoms with Crippen molar-refractivity contribution in [3.05, 3.63) is 71.9 Å². The zero-order chi connectivity index (χ0) is 34.7. The summed E-state index contributed by atoms with van der Waals surface area (Å²) in [5, 5.41) is 14.5. The number of benzene rings is 1. The summed E-state index contributed by atoms with van der Waals surface area (Å²) < 4.78 is 18.7. The number of pyridine rings is 1. The van der Waals surface area contributed by atoms with E-state index < -0.39 is 51.6 Å².